The smallest absolute Gasteiger partial charge is 0.240 e. The Balaban J connectivity index is 1.61. The fourth-order valence-corrected chi connectivity index (χ4v) is 3.38. The number of benzene rings is 1. The molecule has 0 bridgehead atoms. The molecule has 1 atom stereocenters. The number of thioether (sulfide) groups is 1. The van der Waals surface area contributed by atoms with Crippen LogP contribution in [0, 0.1) is 13.8 Å². The Morgan fingerprint density at radius 3 is 2.68 bits per heavy atom. The number of aryl methyl sites for hydroxylation is 2. The van der Waals surface area contributed by atoms with Crippen LogP contribution in [0.5, 0.6) is 0 Å². The van der Waals surface area contributed by atoms with Crippen LogP contribution in [0.2, 0.25) is 0 Å². The van der Waals surface area contributed by atoms with Crippen LogP contribution in [-0.2, 0) is 9.59 Å². The SMILES string of the molecule is Cc1cccc(C)c1NC(=O)C[C@H]1SC(=NC2CC2)NC1=O. The average Bonchev–Trinajstić information content (AvgIpc) is 3.19. The summed E-state index contributed by atoms with van der Waals surface area (Å²) in [5.41, 5.74) is 2.88. The first-order valence-electron chi connectivity index (χ1n) is 7.44. The van der Waals surface area contributed by atoms with Crippen molar-refractivity contribution in [2.45, 2.75) is 44.4 Å². The predicted octanol–water partition coefficient (Wildman–Crippen LogP) is 2.38. The summed E-state index contributed by atoms with van der Waals surface area (Å²) in [6, 6.07) is 6.24. The van der Waals surface area contributed by atoms with Gasteiger partial charge in [0.15, 0.2) is 5.17 Å². The molecule has 1 aliphatic carbocycles. The van der Waals surface area contributed by atoms with Crippen molar-refractivity contribution in [2.75, 3.05) is 5.32 Å². The van der Waals surface area contributed by atoms with E-state index in [2.05, 4.69) is 15.6 Å². The van der Waals surface area contributed by atoms with Gasteiger partial charge < -0.3 is 10.6 Å². The maximum Gasteiger partial charge on any atom is 0.240 e. The van der Waals surface area contributed by atoms with Crippen LogP contribution >= 0.6 is 11.8 Å². The highest BCUT2D eigenvalue weighted by molar-refractivity contribution is 8.15. The van der Waals surface area contributed by atoms with E-state index in [1.165, 1.54) is 11.8 Å². The Hall–Kier alpha value is -1.82. The molecule has 3 rings (SSSR count). The van der Waals surface area contributed by atoms with Crippen molar-refractivity contribution < 1.29 is 9.59 Å². The second kappa shape index (κ2) is 6.12. The molecule has 1 heterocycles. The number of carbonyl (C=O) groups is 2. The summed E-state index contributed by atoms with van der Waals surface area (Å²) < 4.78 is 0. The maximum absolute atomic E-state index is 12.2. The summed E-state index contributed by atoms with van der Waals surface area (Å²) in [6.07, 6.45) is 2.35. The molecule has 0 aromatic heterocycles. The normalized spacial score (nSPS) is 22.7. The van der Waals surface area contributed by atoms with E-state index in [9.17, 15) is 9.59 Å². The predicted molar refractivity (Wildman–Crippen MR) is 89.1 cm³/mol. The fourth-order valence-electron chi connectivity index (χ4n) is 2.34. The summed E-state index contributed by atoms with van der Waals surface area (Å²) in [7, 11) is 0. The van der Waals surface area contributed by atoms with Gasteiger partial charge in [0.05, 0.1) is 6.04 Å². The molecule has 1 aromatic rings. The Kier molecular flexibility index (Phi) is 4.20. The quantitative estimate of drug-likeness (QED) is 0.896. The zero-order valence-electron chi connectivity index (χ0n) is 12.7. The van der Waals surface area contributed by atoms with Crippen LogP contribution in [0.15, 0.2) is 23.2 Å². The van der Waals surface area contributed by atoms with Crippen LogP contribution in [0.3, 0.4) is 0 Å². The molecule has 1 aromatic carbocycles. The Morgan fingerprint density at radius 1 is 1.36 bits per heavy atom. The van der Waals surface area contributed by atoms with E-state index < -0.39 is 0 Å². The van der Waals surface area contributed by atoms with Gasteiger partial charge in [-0.1, -0.05) is 30.0 Å². The maximum atomic E-state index is 12.2. The van der Waals surface area contributed by atoms with Gasteiger partial charge in [-0.05, 0) is 37.8 Å². The van der Waals surface area contributed by atoms with Gasteiger partial charge in [0.1, 0.15) is 5.25 Å². The summed E-state index contributed by atoms with van der Waals surface area (Å²) in [5, 5.41) is 5.96. The van der Waals surface area contributed by atoms with E-state index in [0.717, 1.165) is 29.7 Å². The van der Waals surface area contributed by atoms with Crippen molar-refractivity contribution in [3.63, 3.8) is 0 Å². The molecule has 2 N–H and O–H groups in total. The Bertz CT molecular complexity index is 633. The summed E-state index contributed by atoms with van der Waals surface area (Å²) in [6.45, 7) is 3.92. The summed E-state index contributed by atoms with van der Waals surface area (Å²) in [5.74, 6) is -0.265. The third-order valence-corrected chi connectivity index (χ3v) is 4.84. The zero-order chi connectivity index (χ0) is 15.7. The molecule has 5 nitrogen and oxygen atoms in total. The lowest BCUT2D eigenvalue weighted by atomic mass is 10.1. The standard InChI is InChI=1S/C16H19N3O2S/c1-9-4-3-5-10(2)14(9)18-13(20)8-12-15(21)19-16(22-12)17-11-6-7-11/h3-5,11-12H,6-8H2,1-2H3,(H,18,20)(H,17,19,21)/t12-/m1/s1. The number of anilines is 1. The molecule has 6 heteroatoms. The monoisotopic (exact) mass is 317 g/mol. The Labute approximate surface area is 134 Å². The molecular weight excluding hydrogens is 298 g/mol. The lowest BCUT2D eigenvalue weighted by molar-refractivity contribution is -0.122. The number of rotatable bonds is 4. The minimum atomic E-state index is -0.387. The van der Waals surface area contributed by atoms with Crippen molar-refractivity contribution >= 4 is 34.4 Å². The van der Waals surface area contributed by atoms with Gasteiger partial charge in [-0.15, -0.1) is 0 Å². The molecule has 2 amide bonds. The first kappa shape index (κ1) is 15.1. The third kappa shape index (κ3) is 3.50. The highest BCUT2D eigenvalue weighted by Crippen LogP contribution is 2.29. The van der Waals surface area contributed by atoms with Crippen LogP contribution in [-0.4, -0.2) is 28.3 Å². The molecule has 1 aliphatic heterocycles. The highest BCUT2D eigenvalue weighted by atomic mass is 32.2. The van der Waals surface area contributed by atoms with Gasteiger partial charge in [-0.25, -0.2) is 0 Å². The number of hydrogen-bond donors (Lipinski definition) is 2. The van der Waals surface area contributed by atoms with E-state index in [1.807, 2.05) is 32.0 Å². The number of nitrogens with zero attached hydrogens (tertiary/aromatic N) is 1. The zero-order valence-corrected chi connectivity index (χ0v) is 13.5. The van der Waals surface area contributed by atoms with Gasteiger partial charge in [0.25, 0.3) is 0 Å². The van der Waals surface area contributed by atoms with E-state index >= 15 is 0 Å². The molecule has 2 aliphatic rings. The molecule has 1 saturated carbocycles. The van der Waals surface area contributed by atoms with Crippen molar-refractivity contribution in [1.29, 1.82) is 0 Å². The van der Waals surface area contributed by atoms with Crippen molar-refractivity contribution in [1.82, 2.24) is 5.32 Å². The third-order valence-electron chi connectivity index (χ3n) is 3.74. The van der Waals surface area contributed by atoms with E-state index in [-0.39, 0.29) is 23.5 Å². The largest absolute Gasteiger partial charge is 0.326 e. The average molecular weight is 317 g/mol. The van der Waals surface area contributed by atoms with Crippen LogP contribution in [0.1, 0.15) is 30.4 Å². The second-order valence-corrected chi connectivity index (χ2v) is 6.97. The fraction of sp³-hybridized carbons (Fsp3) is 0.438. The molecule has 0 unspecified atom stereocenters. The van der Waals surface area contributed by atoms with Crippen molar-refractivity contribution in [3.8, 4) is 0 Å². The van der Waals surface area contributed by atoms with Crippen LogP contribution in [0.4, 0.5) is 5.69 Å². The van der Waals surface area contributed by atoms with Crippen molar-refractivity contribution in [3.05, 3.63) is 29.3 Å². The number of para-hydroxylation sites is 1. The lowest BCUT2D eigenvalue weighted by Gasteiger charge is -2.12. The van der Waals surface area contributed by atoms with E-state index in [0.29, 0.717) is 11.2 Å². The molecule has 116 valence electrons. The van der Waals surface area contributed by atoms with E-state index in [4.69, 9.17) is 0 Å². The van der Waals surface area contributed by atoms with Gasteiger partial charge >= 0.3 is 0 Å². The minimum absolute atomic E-state index is 0.124. The number of hydrogen-bond acceptors (Lipinski definition) is 4. The van der Waals surface area contributed by atoms with E-state index in [1.54, 1.807) is 0 Å². The number of nitrogens with one attached hydrogen (secondary N) is 2. The van der Waals surface area contributed by atoms with Crippen LogP contribution < -0.4 is 10.6 Å². The molecular formula is C16H19N3O2S. The van der Waals surface area contributed by atoms with Gasteiger partial charge in [0, 0.05) is 12.1 Å². The lowest BCUT2D eigenvalue weighted by Crippen LogP contribution is -2.28. The number of amidine groups is 1. The topological polar surface area (TPSA) is 70.6 Å². The van der Waals surface area contributed by atoms with Gasteiger partial charge in [-0.3, -0.25) is 14.6 Å². The number of aliphatic imine (C=N–C) groups is 1. The molecule has 0 radical (unpaired) electrons. The molecule has 0 spiro atoms. The Morgan fingerprint density at radius 2 is 2.05 bits per heavy atom. The molecule has 22 heavy (non-hydrogen) atoms. The number of carbonyl (C=O) groups excluding carboxylic acids is 2. The molecule has 1 saturated heterocycles. The van der Waals surface area contributed by atoms with Crippen LogP contribution in [0.25, 0.3) is 0 Å². The molecule has 2 fully saturated rings. The first-order chi connectivity index (χ1) is 10.5. The van der Waals surface area contributed by atoms with Crippen molar-refractivity contribution in [2.24, 2.45) is 4.99 Å². The highest BCUT2D eigenvalue weighted by Gasteiger charge is 2.33. The van der Waals surface area contributed by atoms with Gasteiger partial charge in [-0.2, -0.15) is 0 Å². The summed E-state index contributed by atoms with van der Waals surface area (Å²) >= 11 is 1.36. The number of amides is 2. The minimum Gasteiger partial charge on any atom is -0.326 e. The first-order valence-corrected chi connectivity index (χ1v) is 8.32. The second-order valence-electron chi connectivity index (χ2n) is 5.78. The summed E-state index contributed by atoms with van der Waals surface area (Å²) in [4.78, 5) is 28.6. The van der Waals surface area contributed by atoms with Gasteiger partial charge in [0.2, 0.25) is 11.8 Å².